The Morgan fingerprint density at radius 2 is 1.88 bits per heavy atom. The van der Waals surface area contributed by atoms with Gasteiger partial charge in [0.2, 0.25) is 0 Å². The van der Waals surface area contributed by atoms with E-state index in [0.29, 0.717) is 5.56 Å². The largest absolute Gasteiger partial charge is 0.315 e. The first-order chi connectivity index (χ1) is 16.0. The molecule has 0 unspecified atom stereocenters. The molecule has 1 saturated heterocycles. The van der Waals surface area contributed by atoms with Crippen LogP contribution in [-0.4, -0.2) is 45.0 Å². The highest BCUT2D eigenvalue weighted by Crippen LogP contribution is 2.33. The molecular formula is C26H28N6O. The lowest BCUT2D eigenvalue weighted by Crippen LogP contribution is -2.49. The summed E-state index contributed by atoms with van der Waals surface area (Å²) in [6, 6.07) is 13.9. The number of anilines is 1. The third kappa shape index (κ3) is 4.00. The lowest BCUT2D eigenvalue weighted by Gasteiger charge is -2.35. The van der Waals surface area contributed by atoms with Crippen molar-refractivity contribution in [1.29, 1.82) is 0 Å². The quantitative estimate of drug-likeness (QED) is 0.518. The van der Waals surface area contributed by atoms with E-state index in [1.807, 2.05) is 54.7 Å². The summed E-state index contributed by atoms with van der Waals surface area (Å²) in [6.07, 6.45) is 5.65. The number of carbonyl (C=O) groups is 1. The van der Waals surface area contributed by atoms with E-state index in [-0.39, 0.29) is 11.9 Å². The van der Waals surface area contributed by atoms with Gasteiger partial charge in [-0.3, -0.25) is 14.4 Å². The molecule has 0 aliphatic carbocycles. The van der Waals surface area contributed by atoms with E-state index in [0.717, 1.165) is 59.3 Å². The van der Waals surface area contributed by atoms with E-state index in [1.165, 1.54) is 5.56 Å². The number of rotatable bonds is 4. The van der Waals surface area contributed by atoms with Gasteiger partial charge in [0, 0.05) is 36.3 Å². The van der Waals surface area contributed by atoms with Crippen molar-refractivity contribution >= 4 is 22.5 Å². The van der Waals surface area contributed by atoms with E-state index in [4.69, 9.17) is 4.98 Å². The highest BCUT2D eigenvalue weighted by atomic mass is 16.2. The first kappa shape index (κ1) is 21.3. The summed E-state index contributed by atoms with van der Waals surface area (Å²) in [5.41, 5.74) is 4.66. The van der Waals surface area contributed by atoms with Gasteiger partial charge in [0.05, 0.1) is 12.2 Å². The number of amides is 1. The van der Waals surface area contributed by atoms with E-state index in [2.05, 4.69) is 41.6 Å². The zero-order valence-electron chi connectivity index (χ0n) is 19.2. The Hall–Kier alpha value is -3.58. The van der Waals surface area contributed by atoms with Gasteiger partial charge in [0.15, 0.2) is 0 Å². The van der Waals surface area contributed by atoms with Gasteiger partial charge in [0.1, 0.15) is 11.5 Å². The lowest BCUT2D eigenvalue weighted by molar-refractivity contribution is 0.0972. The van der Waals surface area contributed by atoms with Gasteiger partial charge in [-0.25, -0.2) is 4.98 Å². The van der Waals surface area contributed by atoms with Crippen molar-refractivity contribution in [2.24, 2.45) is 7.05 Å². The van der Waals surface area contributed by atoms with Crippen LogP contribution in [0.5, 0.6) is 0 Å². The summed E-state index contributed by atoms with van der Waals surface area (Å²) >= 11 is 0. The molecule has 33 heavy (non-hydrogen) atoms. The van der Waals surface area contributed by atoms with Gasteiger partial charge >= 0.3 is 0 Å². The number of hydrogen-bond donors (Lipinski definition) is 1. The van der Waals surface area contributed by atoms with Crippen molar-refractivity contribution < 1.29 is 4.79 Å². The second-order valence-corrected chi connectivity index (χ2v) is 8.79. The van der Waals surface area contributed by atoms with Crippen LogP contribution in [0.2, 0.25) is 0 Å². The third-order valence-corrected chi connectivity index (χ3v) is 6.45. The predicted octanol–water partition coefficient (Wildman–Crippen LogP) is 4.05. The molecule has 0 saturated carbocycles. The fourth-order valence-electron chi connectivity index (χ4n) is 4.66. The molecule has 1 N–H and O–H groups in total. The second-order valence-electron chi connectivity index (χ2n) is 8.79. The molecule has 7 nitrogen and oxygen atoms in total. The van der Waals surface area contributed by atoms with Crippen molar-refractivity contribution in [2.75, 3.05) is 18.0 Å². The number of nitrogens with zero attached hydrogens (tertiary/aromatic N) is 5. The van der Waals surface area contributed by atoms with Crippen molar-refractivity contribution in [1.82, 2.24) is 25.3 Å². The SMILES string of the molecule is Cc1ccc(C)c2c(N(C(=O)c3ccc(-c4cn(C)nn4)cc3)[C@@H]3CCCNC3)nccc12. The molecule has 0 bridgehead atoms. The molecule has 1 amide bonds. The van der Waals surface area contributed by atoms with Crippen LogP contribution in [-0.2, 0) is 7.05 Å². The number of benzene rings is 2. The summed E-state index contributed by atoms with van der Waals surface area (Å²) < 4.78 is 1.67. The zero-order valence-corrected chi connectivity index (χ0v) is 19.2. The Morgan fingerprint density at radius 1 is 1.09 bits per heavy atom. The summed E-state index contributed by atoms with van der Waals surface area (Å²) in [5, 5.41) is 13.8. The van der Waals surface area contributed by atoms with Crippen LogP contribution in [0.15, 0.2) is 54.9 Å². The minimum Gasteiger partial charge on any atom is -0.315 e. The van der Waals surface area contributed by atoms with Crippen LogP contribution in [0.1, 0.15) is 34.3 Å². The molecule has 168 valence electrons. The Balaban J connectivity index is 1.59. The molecule has 2 aromatic heterocycles. The monoisotopic (exact) mass is 440 g/mol. The van der Waals surface area contributed by atoms with E-state index in [1.54, 1.807) is 4.68 Å². The van der Waals surface area contributed by atoms with Gasteiger partial charge < -0.3 is 5.32 Å². The summed E-state index contributed by atoms with van der Waals surface area (Å²) in [5.74, 6) is 0.709. The number of fused-ring (bicyclic) bond motifs is 1. The lowest BCUT2D eigenvalue weighted by atomic mass is 9.99. The minimum absolute atomic E-state index is 0.0321. The normalized spacial score (nSPS) is 16.2. The van der Waals surface area contributed by atoms with E-state index >= 15 is 0 Å². The maximum atomic E-state index is 14.0. The molecule has 2 aromatic carbocycles. The fraction of sp³-hybridized carbons (Fsp3) is 0.308. The van der Waals surface area contributed by atoms with Gasteiger partial charge in [-0.05, 0) is 67.9 Å². The second kappa shape index (κ2) is 8.75. The molecule has 1 aliphatic rings. The fourth-order valence-corrected chi connectivity index (χ4v) is 4.66. The summed E-state index contributed by atoms with van der Waals surface area (Å²) in [4.78, 5) is 20.6. The number of pyridine rings is 1. The number of hydrogen-bond acceptors (Lipinski definition) is 5. The van der Waals surface area contributed by atoms with Crippen LogP contribution in [0.4, 0.5) is 5.82 Å². The Morgan fingerprint density at radius 3 is 2.58 bits per heavy atom. The van der Waals surface area contributed by atoms with Crippen molar-refractivity contribution in [3.63, 3.8) is 0 Å². The predicted molar refractivity (Wildman–Crippen MR) is 130 cm³/mol. The Labute approximate surface area is 193 Å². The molecule has 1 fully saturated rings. The average molecular weight is 441 g/mol. The zero-order chi connectivity index (χ0) is 22.9. The average Bonchev–Trinajstić information content (AvgIpc) is 3.29. The van der Waals surface area contributed by atoms with Crippen LogP contribution >= 0.6 is 0 Å². The number of carbonyl (C=O) groups excluding carboxylic acids is 1. The van der Waals surface area contributed by atoms with Crippen molar-refractivity contribution in [2.45, 2.75) is 32.7 Å². The molecule has 7 heteroatoms. The molecule has 4 aromatic rings. The van der Waals surface area contributed by atoms with Crippen LogP contribution in [0.3, 0.4) is 0 Å². The molecule has 0 spiro atoms. The van der Waals surface area contributed by atoms with E-state index in [9.17, 15) is 4.79 Å². The van der Waals surface area contributed by atoms with Crippen LogP contribution in [0.25, 0.3) is 22.0 Å². The Bertz CT molecular complexity index is 1300. The highest BCUT2D eigenvalue weighted by molar-refractivity contribution is 6.11. The molecule has 3 heterocycles. The van der Waals surface area contributed by atoms with Gasteiger partial charge in [-0.15, -0.1) is 5.10 Å². The minimum atomic E-state index is -0.0321. The highest BCUT2D eigenvalue weighted by Gasteiger charge is 2.30. The topological polar surface area (TPSA) is 75.9 Å². The maximum Gasteiger partial charge on any atom is 0.259 e. The van der Waals surface area contributed by atoms with Crippen molar-refractivity contribution in [3.8, 4) is 11.3 Å². The molecular weight excluding hydrogens is 412 g/mol. The number of aromatic nitrogens is 4. The van der Waals surface area contributed by atoms with E-state index < -0.39 is 0 Å². The van der Waals surface area contributed by atoms with Gasteiger partial charge in [0.25, 0.3) is 5.91 Å². The first-order valence-corrected chi connectivity index (χ1v) is 11.4. The third-order valence-electron chi connectivity index (χ3n) is 6.45. The smallest absolute Gasteiger partial charge is 0.259 e. The number of aryl methyl sites for hydroxylation is 3. The number of nitrogens with one attached hydrogen (secondary N) is 1. The number of piperidine rings is 1. The first-order valence-electron chi connectivity index (χ1n) is 11.4. The summed E-state index contributed by atoms with van der Waals surface area (Å²) in [7, 11) is 1.84. The standard InChI is InChI=1S/C26H28N6O/c1-17-6-7-18(2)24-22(17)12-14-28-25(24)32(21-5-4-13-27-15-21)26(33)20-10-8-19(9-11-20)23-16-31(3)30-29-23/h6-12,14,16,21,27H,4-5,13,15H2,1-3H3/t21-/m1/s1. The maximum absolute atomic E-state index is 14.0. The van der Waals surface area contributed by atoms with Gasteiger partial charge in [-0.1, -0.05) is 29.5 Å². The van der Waals surface area contributed by atoms with Crippen LogP contribution < -0.4 is 10.2 Å². The Kier molecular flexibility index (Phi) is 5.64. The summed E-state index contributed by atoms with van der Waals surface area (Å²) in [6.45, 7) is 5.92. The molecule has 1 atom stereocenters. The van der Waals surface area contributed by atoms with Crippen LogP contribution in [0, 0.1) is 13.8 Å². The van der Waals surface area contributed by atoms with Gasteiger partial charge in [-0.2, -0.15) is 0 Å². The molecule has 1 aliphatic heterocycles. The molecule has 0 radical (unpaired) electrons. The van der Waals surface area contributed by atoms with Crippen molar-refractivity contribution in [3.05, 3.63) is 71.5 Å². The molecule has 5 rings (SSSR count).